The fraction of sp³-hybridized carbons (Fsp3) is 0.316. The van der Waals surface area contributed by atoms with Gasteiger partial charge in [-0.15, -0.1) is 0 Å². The molecule has 0 saturated carbocycles. The van der Waals surface area contributed by atoms with Gasteiger partial charge in [-0.05, 0) is 51.0 Å². The Morgan fingerprint density at radius 2 is 1.48 bits per heavy atom. The van der Waals surface area contributed by atoms with E-state index in [9.17, 15) is 10.2 Å². The first kappa shape index (κ1) is 17.0. The summed E-state index contributed by atoms with van der Waals surface area (Å²) in [5.41, 5.74) is 1.63. The smallest absolute Gasteiger partial charge is 0.205 e. The molecule has 0 spiro atoms. The average Bonchev–Trinajstić information content (AvgIpc) is 3.29. The van der Waals surface area contributed by atoms with Gasteiger partial charge in [0.1, 0.15) is 6.33 Å². The van der Waals surface area contributed by atoms with E-state index in [4.69, 9.17) is 27.9 Å². The van der Waals surface area contributed by atoms with Gasteiger partial charge in [-0.1, -0.05) is 23.2 Å². The lowest BCUT2D eigenvalue weighted by Gasteiger charge is -2.21. The monoisotopic (exact) mass is 405 g/mol. The summed E-state index contributed by atoms with van der Waals surface area (Å²) < 4.78 is 9.24. The molecule has 27 heavy (non-hydrogen) atoms. The van der Waals surface area contributed by atoms with Crippen LogP contribution in [0.2, 0.25) is 10.3 Å². The molecule has 2 aliphatic rings. The normalized spacial score (nSPS) is 25.9. The van der Waals surface area contributed by atoms with E-state index in [1.54, 1.807) is 16.7 Å². The van der Waals surface area contributed by atoms with Crippen molar-refractivity contribution in [2.75, 3.05) is 0 Å². The molecular weight excluding hydrogens is 389 g/mol. The van der Waals surface area contributed by atoms with Crippen LogP contribution in [0.4, 0.5) is 0 Å². The van der Waals surface area contributed by atoms with E-state index < -0.39 is 11.2 Å². The zero-order chi connectivity index (χ0) is 19.1. The molecule has 0 aliphatic carbocycles. The molecule has 2 atom stereocenters. The minimum Gasteiger partial charge on any atom is -0.494 e. The zero-order valence-corrected chi connectivity index (χ0v) is 16.2. The van der Waals surface area contributed by atoms with Crippen molar-refractivity contribution in [3.05, 3.63) is 52.0 Å². The molecule has 3 aromatic rings. The quantitative estimate of drug-likeness (QED) is 0.651. The first-order valence-corrected chi connectivity index (χ1v) is 9.38. The standard InChI is InChI=1S/C19H17Cl2N3O3/c1-18-7-8-19(2,27-18)13-12(18)16(25)24(17(13)26)11-5-3-10(4-6-11)23-9-22-14(20)15(23)21/h3-6,9,25-26H,7-8H2,1-2H3/t18-,19+. The maximum atomic E-state index is 10.9. The van der Waals surface area contributed by atoms with Gasteiger partial charge in [-0.2, -0.15) is 0 Å². The molecular formula is C19H17Cl2N3O3. The van der Waals surface area contributed by atoms with Crippen molar-refractivity contribution in [1.82, 2.24) is 14.1 Å². The fourth-order valence-electron chi connectivity index (χ4n) is 4.48. The second-order valence-electron chi connectivity index (χ2n) is 7.51. The van der Waals surface area contributed by atoms with Crippen molar-refractivity contribution >= 4 is 23.2 Å². The van der Waals surface area contributed by atoms with Crippen LogP contribution in [0.15, 0.2) is 30.6 Å². The van der Waals surface area contributed by atoms with Gasteiger partial charge in [0.05, 0.1) is 28.0 Å². The molecule has 2 N–H and O–H groups in total. The summed E-state index contributed by atoms with van der Waals surface area (Å²) >= 11 is 12.0. The Hall–Kier alpha value is -2.15. The molecule has 0 radical (unpaired) electrons. The maximum Gasteiger partial charge on any atom is 0.205 e. The number of ether oxygens (including phenoxy) is 1. The lowest BCUT2D eigenvalue weighted by Crippen LogP contribution is -2.17. The van der Waals surface area contributed by atoms with Crippen molar-refractivity contribution in [1.29, 1.82) is 0 Å². The largest absolute Gasteiger partial charge is 0.494 e. The number of imidazole rings is 1. The summed E-state index contributed by atoms with van der Waals surface area (Å²) in [6.45, 7) is 3.92. The van der Waals surface area contributed by atoms with Crippen molar-refractivity contribution in [2.45, 2.75) is 37.9 Å². The predicted molar refractivity (Wildman–Crippen MR) is 101 cm³/mol. The highest BCUT2D eigenvalue weighted by molar-refractivity contribution is 6.40. The number of aromatic nitrogens is 3. The Kier molecular flexibility index (Phi) is 3.28. The number of nitrogens with zero attached hydrogens (tertiary/aromatic N) is 3. The molecule has 5 rings (SSSR count). The second kappa shape index (κ2) is 5.22. The third-order valence-electron chi connectivity index (χ3n) is 5.76. The number of halogens is 2. The van der Waals surface area contributed by atoms with Crippen LogP contribution < -0.4 is 0 Å². The highest BCUT2D eigenvalue weighted by Gasteiger charge is 2.59. The van der Waals surface area contributed by atoms with E-state index in [0.29, 0.717) is 22.0 Å². The molecule has 1 saturated heterocycles. The van der Waals surface area contributed by atoms with Crippen LogP contribution in [0.1, 0.15) is 37.8 Å². The van der Waals surface area contributed by atoms with E-state index in [2.05, 4.69) is 4.98 Å². The molecule has 1 aromatic carbocycles. The summed E-state index contributed by atoms with van der Waals surface area (Å²) in [5.74, 6) is 0.0368. The van der Waals surface area contributed by atoms with Gasteiger partial charge in [-0.25, -0.2) is 4.98 Å². The van der Waals surface area contributed by atoms with E-state index in [-0.39, 0.29) is 16.9 Å². The van der Waals surface area contributed by atoms with Crippen molar-refractivity contribution < 1.29 is 14.9 Å². The molecule has 140 valence electrons. The van der Waals surface area contributed by atoms with Crippen LogP contribution >= 0.6 is 23.2 Å². The second-order valence-corrected chi connectivity index (χ2v) is 8.23. The Morgan fingerprint density at radius 1 is 0.963 bits per heavy atom. The van der Waals surface area contributed by atoms with Crippen LogP contribution in [-0.2, 0) is 15.9 Å². The predicted octanol–water partition coefficient (Wildman–Crippen LogP) is 4.64. The molecule has 6 nitrogen and oxygen atoms in total. The molecule has 2 aromatic heterocycles. The number of aromatic hydroxyl groups is 2. The van der Waals surface area contributed by atoms with Crippen LogP contribution in [0, 0.1) is 0 Å². The summed E-state index contributed by atoms with van der Waals surface area (Å²) in [5, 5.41) is 22.3. The Labute approximate surface area is 165 Å². The highest BCUT2D eigenvalue weighted by atomic mass is 35.5. The van der Waals surface area contributed by atoms with Gasteiger partial charge in [0.25, 0.3) is 0 Å². The van der Waals surface area contributed by atoms with E-state index >= 15 is 0 Å². The Morgan fingerprint density at radius 3 is 1.96 bits per heavy atom. The van der Waals surface area contributed by atoms with Gasteiger partial charge in [0.15, 0.2) is 10.3 Å². The molecule has 8 heteroatoms. The number of benzene rings is 1. The van der Waals surface area contributed by atoms with Gasteiger partial charge in [-0.3, -0.25) is 9.13 Å². The number of hydrogen-bond acceptors (Lipinski definition) is 4. The summed E-state index contributed by atoms with van der Waals surface area (Å²) in [6, 6.07) is 7.22. The van der Waals surface area contributed by atoms with Gasteiger partial charge in [0.2, 0.25) is 11.8 Å². The number of rotatable bonds is 2. The van der Waals surface area contributed by atoms with E-state index in [0.717, 1.165) is 18.5 Å². The zero-order valence-electron chi connectivity index (χ0n) is 14.7. The summed E-state index contributed by atoms with van der Waals surface area (Å²) in [7, 11) is 0. The summed E-state index contributed by atoms with van der Waals surface area (Å²) in [6.07, 6.45) is 3.16. The summed E-state index contributed by atoms with van der Waals surface area (Å²) in [4.78, 5) is 3.97. The molecule has 1 fully saturated rings. The van der Waals surface area contributed by atoms with E-state index in [1.807, 2.05) is 26.0 Å². The maximum absolute atomic E-state index is 10.9. The van der Waals surface area contributed by atoms with Crippen molar-refractivity contribution in [2.24, 2.45) is 0 Å². The van der Waals surface area contributed by atoms with Gasteiger partial charge >= 0.3 is 0 Å². The Bertz CT molecular complexity index is 1050. The first-order chi connectivity index (χ1) is 12.8. The number of fused-ring (bicyclic) bond motifs is 5. The SMILES string of the molecule is C[C@]12CC[C@](C)(O1)c1c2c(O)n(-c2ccc(-n3cnc(Cl)c3Cl)cc2)c1O. The third kappa shape index (κ3) is 2.09. The Balaban J connectivity index is 1.62. The molecule has 2 bridgehead atoms. The molecule has 2 aliphatic heterocycles. The molecule has 4 heterocycles. The minimum atomic E-state index is -0.572. The van der Waals surface area contributed by atoms with E-state index in [1.165, 1.54) is 10.9 Å². The third-order valence-corrected chi connectivity index (χ3v) is 6.50. The van der Waals surface area contributed by atoms with Crippen LogP contribution in [0.3, 0.4) is 0 Å². The molecule has 0 unspecified atom stereocenters. The lowest BCUT2D eigenvalue weighted by molar-refractivity contribution is -0.0683. The molecule has 0 amide bonds. The topological polar surface area (TPSA) is 72.4 Å². The van der Waals surface area contributed by atoms with Crippen molar-refractivity contribution in [3.63, 3.8) is 0 Å². The van der Waals surface area contributed by atoms with Crippen LogP contribution in [0.25, 0.3) is 11.4 Å². The van der Waals surface area contributed by atoms with Gasteiger partial charge in [0, 0.05) is 5.69 Å². The van der Waals surface area contributed by atoms with Gasteiger partial charge < -0.3 is 14.9 Å². The minimum absolute atomic E-state index is 0.0184. The lowest BCUT2D eigenvalue weighted by atomic mass is 9.80. The highest BCUT2D eigenvalue weighted by Crippen LogP contribution is 2.64. The number of hydrogen-bond donors (Lipinski definition) is 2. The average molecular weight is 406 g/mol. The van der Waals surface area contributed by atoms with Crippen molar-refractivity contribution in [3.8, 4) is 23.1 Å². The first-order valence-electron chi connectivity index (χ1n) is 8.62. The van der Waals surface area contributed by atoms with Crippen LogP contribution in [0.5, 0.6) is 11.8 Å². The fourth-order valence-corrected chi connectivity index (χ4v) is 4.80. The van der Waals surface area contributed by atoms with Crippen LogP contribution in [-0.4, -0.2) is 24.3 Å².